The summed E-state index contributed by atoms with van der Waals surface area (Å²) in [6.45, 7) is 1.70. The third-order valence-corrected chi connectivity index (χ3v) is 5.68. The summed E-state index contributed by atoms with van der Waals surface area (Å²) in [5, 5.41) is 9.76. The van der Waals surface area contributed by atoms with Gasteiger partial charge in [-0.1, -0.05) is 23.0 Å². The minimum Gasteiger partial charge on any atom is -0.478 e. The average Bonchev–Trinajstić information content (AvgIpc) is 2.95. The van der Waals surface area contributed by atoms with Crippen LogP contribution in [0.1, 0.15) is 26.3 Å². The van der Waals surface area contributed by atoms with Crippen LogP contribution in [0.15, 0.2) is 28.6 Å². The standard InChI is InChI=1S/C13H13N3O5S2/c1-7-3-4-8(12(18)19)9(5-7)11(17)16(14)13-15-6-10(22-13)23(2,20)21/h3-6H,14H2,1-2H3,(H,18,19). The third-order valence-electron chi connectivity index (χ3n) is 2.90. The summed E-state index contributed by atoms with van der Waals surface area (Å²) in [7, 11) is -3.47. The Morgan fingerprint density at radius 2 is 1.96 bits per heavy atom. The van der Waals surface area contributed by atoms with Crippen molar-refractivity contribution in [3.8, 4) is 0 Å². The minimum absolute atomic E-state index is 0.0431. The quantitative estimate of drug-likeness (QED) is 0.476. The van der Waals surface area contributed by atoms with Gasteiger partial charge in [0.25, 0.3) is 5.91 Å². The van der Waals surface area contributed by atoms with Gasteiger partial charge in [-0.3, -0.25) is 4.79 Å². The fourth-order valence-corrected chi connectivity index (χ4v) is 3.42. The highest BCUT2D eigenvalue weighted by atomic mass is 32.2. The Morgan fingerprint density at radius 1 is 1.30 bits per heavy atom. The predicted octanol–water partition coefficient (Wildman–Crippen LogP) is 1.07. The van der Waals surface area contributed by atoms with Gasteiger partial charge >= 0.3 is 5.97 Å². The number of benzene rings is 1. The topological polar surface area (TPSA) is 131 Å². The lowest BCUT2D eigenvalue weighted by Gasteiger charge is -2.15. The Hall–Kier alpha value is -2.30. The molecule has 0 atom stereocenters. The van der Waals surface area contributed by atoms with E-state index in [1.54, 1.807) is 13.0 Å². The number of sulfone groups is 1. The minimum atomic E-state index is -3.47. The summed E-state index contributed by atoms with van der Waals surface area (Å²) in [4.78, 5) is 27.5. The van der Waals surface area contributed by atoms with Gasteiger partial charge in [0.1, 0.15) is 4.21 Å². The Morgan fingerprint density at radius 3 is 2.48 bits per heavy atom. The molecule has 2 rings (SSSR count). The number of carboxylic acid groups (broad SMARTS) is 1. The lowest BCUT2D eigenvalue weighted by molar-refractivity contribution is 0.0692. The highest BCUT2D eigenvalue weighted by molar-refractivity contribution is 7.92. The summed E-state index contributed by atoms with van der Waals surface area (Å²) < 4.78 is 22.8. The van der Waals surface area contributed by atoms with Crippen molar-refractivity contribution in [1.29, 1.82) is 0 Å². The molecule has 0 saturated carbocycles. The van der Waals surface area contributed by atoms with E-state index in [1.807, 2.05) is 0 Å². The number of hydrogen-bond donors (Lipinski definition) is 2. The lowest BCUT2D eigenvalue weighted by atomic mass is 10.0. The molecule has 1 heterocycles. The van der Waals surface area contributed by atoms with Crippen LogP contribution in [0.25, 0.3) is 0 Å². The number of aryl methyl sites for hydroxylation is 1. The zero-order valence-corrected chi connectivity index (χ0v) is 13.8. The molecule has 2 aromatic rings. The molecule has 122 valence electrons. The summed E-state index contributed by atoms with van der Waals surface area (Å²) in [6, 6.07) is 4.27. The number of amides is 1. The number of nitrogens with two attached hydrogens (primary N) is 1. The van der Waals surface area contributed by atoms with Gasteiger partial charge in [-0.05, 0) is 19.1 Å². The number of aromatic nitrogens is 1. The van der Waals surface area contributed by atoms with Gasteiger partial charge in [-0.15, -0.1) is 0 Å². The van der Waals surface area contributed by atoms with Crippen LogP contribution >= 0.6 is 11.3 Å². The first-order valence-electron chi connectivity index (χ1n) is 6.20. The number of rotatable bonds is 4. The van der Waals surface area contributed by atoms with Crippen molar-refractivity contribution in [2.75, 3.05) is 11.3 Å². The van der Waals surface area contributed by atoms with E-state index in [1.165, 1.54) is 12.1 Å². The Kier molecular flexibility index (Phi) is 4.50. The van der Waals surface area contributed by atoms with E-state index in [9.17, 15) is 18.0 Å². The highest BCUT2D eigenvalue weighted by Gasteiger charge is 2.24. The maximum Gasteiger partial charge on any atom is 0.336 e. The van der Waals surface area contributed by atoms with Crippen molar-refractivity contribution in [3.63, 3.8) is 0 Å². The summed E-state index contributed by atoms with van der Waals surface area (Å²) >= 11 is 0.723. The second-order valence-corrected chi connectivity index (χ2v) is 8.02. The smallest absolute Gasteiger partial charge is 0.336 e. The Balaban J connectivity index is 2.43. The molecule has 0 aliphatic rings. The zero-order valence-electron chi connectivity index (χ0n) is 12.2. The van der Waals surface area contributed by atoms with Gasteiger partial charge in [0.2, 0.25) is 5.13 Å². The SMILES string of the molecule is Cc1ccc(C(=O)O)c(C(=O)N(N)c2ncc(S(C)(=O)=O)s2)c1. The number of carbonyl (C=O) groups excluding carboxylic acids is 1. The molecule has 8 nitrogen and oxygen atoms in total. The van der Waals surface area contributed by atoms with Crippen LogP contribution in [-0.4, -0.2) is 36.6 Å². The van der Waals surface area contributed by atoms with Gasteiger partial charge in [0.15, 0.2) is 9.84 Å². The molecule has 0 fully saturated rings. The molecule has 0 aliphatic heterocycles. The number of hydrazine groups is 1. The van der Waals surface area contributed by atoms with Crippen LogP contribution in [0.2, 0.25) is 0 Å². The molecule has 1 amide bonds. The second-order valence-electron chi connectivity index (χ2n) is 4.76. The molecule has 0 spiro atoms. The van der Waals surface area contributed by atoms with E-state index >= 15 is 0 Å². The maximum absolute atomic E-state index is 12.4. The molecule has 0 radical (unpaired) electrons. The molecule has 1 aromatic carbocycles. The first-order valence-corrected chi connectivity index (χ1v) is 8.91. The molecule has 1 aromatic heterocycles. The first-order chi connectivity index (χ1) is 10.6. The molecule has 23 heavy (non-hydrogen) atoms. The van der Waals surface area contributed by atoms with Crippen molar-refractivity contribution >= 4 is 38.2 Å². The number of aromatic carboxylic acids is 1. The molecule has 0 unspecified atom stereocenters. The second kappa shape index (κ2) is 6.07. The first kappa shape index (κ1) is 17.1. The van der Waals surface area contributed by atoms with Gasteiger partial charge in [0, 0.05) is 6.26 Å². The van der Waals surface area contributed by atoms with Crippen molar-refractivity contribution in [2.24, 2.45) is 5.84 Å². The van der Waals surface area contributed by atoms with E-state index in [0.717, 1.165) is 23.8 Å². The highest BCUT2D eigenvalue weighted by Crippen LogP contribution is 2.26. The number of nitrogens with zero attached hydrogens (tertiary/aromatic N) is 2. The Labute approximate surface area is 136 Å². The molecular formula is C13H13N3O5S2. The van der Waals surface area contributed by atoms with Crippen LogP contribution < -0.4 is 10.9 Å². The normalized spacial score (nSPS) is 11.3. The fourth-order valence-electron chi connectivity index (χ4n) is 1.77. The monoisotopic (exact) mass is 355 g/mol. The molecule has 0 saturated heterocycles. The van der Waals surface area contributed by atoms with Gasteiger partial charge < -0.3 is 5.11 Å². The number of thiazole rings is 1. The lowest BCUT2D eigenvalue weighted by Crippen LogP contribution is -2.38. The van der Waals surface area contributed by atoms with Crippen LogP contribution in [0, 0.1) is 6.92 Å². The predicted molar refractivity (Wildman–Crippen MR) is 84.4 cm³/mol. The van der Waals surface area contributed by atoms with E-state index in [4.69, 9.17) is 10.9 Å². The van der Waals surface area contributed by atoms with Gasteiger partial charge in [-0.2, -0.15) is 0 Å². The van der Waals surface area contributed by atoms with Crippen LogP contribution in [0.5, 0.6) is 0 Å². The summed E-state index contributed by atoms with van der Waals surface area (Å²) in [5.74, 6) is 3.63. The molecule has 0 aliphatic carbocycles. The van der Waals surface area contributed by atoms with Crippen molar-refractivity contribution in [3.05, 3.63) is 41.1 Å². The van der Waals surface area contributed by atoms with Crippen LogP contribution in [0.4, 0.5) is 5.13 Å². The van der Waals surface area contributed by atoms with Gasteiger partial charge in [0.05, 0.1) is 17.3 Å². The molecule has 10 heteroatoms. The van der Waals surface area contributed by atoms with Gasteiger partial charge in [-0.25, -0.2) is 29.0 Å². The third kappa shape index (κ3) is 3.55. The van der Waals surface area contributed by atoms with E-state index in [2.05, 4.69) is 4.98 Å². The molecular weight excluding hydrogens is 342 g/mol. The summed E-state index contributed by atoms with van der Waals surface area (Å²) in [6.07, 6.45) is 2.10. The van der Waals surface area contributed by atoms with Crippen molar-refractivity contribution in [2.45, 2.75) is 11.1 Å². The van der Waals surface area contributed by atoms with Crippen molar-refractivity contribution in [1.82, 2.24) is 4.98 Å². The summed E-state index contributed by atoms with van der Waals surface area (Å²) in [5.41, 5.74) is 0.384. The average molecular weight is 355 g/mol. The van der Waals surface area contributed by atoms with Crippen LogP contribution in [-0.2, 0) is 9.84 Å². The number of anilines is 1. The molecule has 3 N–H and O–H groups in total. The van der Waals surface area contributed by atoms with E-state index < -0.39 is 21.7 Å². The van der Waals surface area contributed by atoms with Crippen molar-refractivity contribution < 1.29 is 23.1 Å². The number of hydrogen-bond acceptors (Lipinski definition) is 7. The van der Waals surface area contributed by atoms with E-state index in [0.29, 0.717) is 10.6 Å². The maximum atomic E-state index is 12.4. The van der Waals surface area contributed by atoms with E-state index in [-0.39, 0.29) is 20.5 Å². The number of carbonyl (C=O) groups is 2. The largest absolute Gasteiger partial charge is 0.478 e. The zero-order chi connectivity index (χ0) is 17.4. The fraction of sp³-hybridized carbons (Fsp3) is 0.154. The molecule has 0 bridgehead atoms. The number of carboxylic acids is 1. The Bertz CT molecular complexity index is 889. The van der Waals surface area contributed by atoms with Crippen LogP contribution in [0.3, 0.4) is 0 Å².